The van der Waals surface area contributed by atoms with Crippen LogP contribution in [0.2, 0.25) is 5.02 Å². The van der Waals surface area contributed by atoms with Gasteiger partial charge in [-0.15, -0.1) is 0 Å². The Bertz CT molecular complexity index is 1130. The summed E-state index contributed by atoms with van der Waals surface area (Å²) in [4.78, 5) is 32.4. The average molecular weight is 483 g/mol. The minimum absolute atomic E-state index is 0.0912. The molecule has 3 rings (SSSR count). The van der Waals surface area contributed by atoms with Gasteiger partial charge in [0.15, 0.2) is 5.82 Å². The number of halogens is 1. The molecule has 1 aromatic carbocycles. The summed E-state index contributed by atoms with van der Waals surface area (Å²) in [6, 6.07) is 10.8. The van der Waals surface area contributed by atoms with Crippen molar-refractivity contribution in [3.8, 4) is 11.4 Å². The first kappa shape index (κ1) is 24.8. The minimum atomic E-state index is -0.222. The van der Waals surface area contributed by atoms with Gasteiger partial charge in [0.1, 0.15) is 17.4 Å². The fraction of sp³-hybridized carbons (Fsp3) is 0.250. The van der Waals surface area contributed by atoms with Crippen LogP contribution in [-0.4, -0.2) is 48.0 Å². The second-order valence-electron chi connectivity index (χ2n) is 7.35. The maximum absolute atomic E-state index is 12.0. The highest BCUT2D eigenvalue weighted by molar-refractivity contribution is 6.30. The van der Waals surface area contributed by atoms with Crippen molar-refractivity contribution in [2.45, 2.75) is 13.8 Å². The smallest absolute Gasteiger partial charge is 0.244 e. The first-order valence-corrected chi connectivity index (χ1v) is 11.2. The molecule has 0 aliphatic rings. The van der Waals surface area contributed by atoms with Crippen LogP contribution in [0.25, 0.3) is 17.5 Å². The third kappa shape index (κ3) is 7.63. The summed E-state index contributed by atoms with van der Waals surface area (Å²) in [5.74, 6) is 2.11. The summed E-state index contributed by atoms with van der Waals surface area (Å²) in [5.41, 5.74) is 1.64. The Morgan fingerprint density at radius 2 is 1.62 bits per heavy atom. The standard InChI is InChI=1S/C24H27ClN6O3/c1-16-22(28-13-11-26-17(2)32)30-24(18-5-7-19(25)8-6-18)31-23(16)29-14-12-27-21(33)10-9-20-4-3-15-34-20/h3-10,15H,11-14H2,1-2H3,(H,26,32)(H,27,33)(H2,28,29,30,31). The summed E-state index contributed by atoms with van der Waals surface area (Å²) in [7, 11) is 0. The number of rotatable bonds is 11. The average Bonchev–Trinajstić information content (AvgIpc) is 3.34. The number of amides is 2. The van der Waals surface area contributed by atoms with E-state index in [0.29, 0.717) is 54.4 Å². The second-order valence-corrected chi connectivity index (χ2v) is 7.79. The van der Waals surface area contributed by atoms with Crippen molar-refractivity contribution in [1.29, 1.82) is 0 Å². The van der Waals surface area contributed by atoms with Crippen LogP contribution >= 0.6 is 11.6 Å². The number of hydrogen-bond donors (Lipinski definition) is 4. The van der Waals surface area contributed by atoms with Crippen molar-refractivity contribution in [2.24, 2.45) is 0 Å². The van der Waals surface area contributed by atoms with Gasteiger partial charge in [0.2, 0.25) is 11.8 Å². The molecule has 0 bridgehead atoms. The van der Waals surface area contributed by atoms with Gasteiger partial charge >= 0.3 is 0 Å². The van der Waals surface area contributed by atoms with E-state index in [9.17, 15) is 9.59 Å². The first-order chi connectivity index (χ1) is 16.4. The molecule has 0 unspecified atom stereocenters. The van der Waals surface area contributed by atoms with E-state index in [1.54, 1.807) is 36.6 Å². The van der Waals surface area contributed by atoms with Crippen molar-refractivity contribution in [3.63, 3.8) is 0 Å². The van der Waals surface area contributed by atoms with Gasteiger partial charge in [-0.25, -0.2) is 9.97 Å². The number of nitrogens with zero attached hydrogens (tertiary/aromatic N) is 2. The molecular formula is C24H27ClN6O3. The van der Waals surface area contributed by atoms with Crippen LogP contribution in [0.4, 0.5) is 11.6 Å². The molecule has 3 aromatic rings. The maximum Gasteiger partial charge on any atom is 0.244 e. The van der Waals surface area contributed by atoms with Crippen molar-refractivity contribution >= 4 is 41.1 Å². The molecule has 9 nitrogen and oxygen atoms in total. The van der Waals surface area contributed by atoms with Crippen LogP contribution in [0.15, 0.2) is 53.2 Å². The van der Waals surface area contributed by atoms with E-state index in [4.69, 9.17) is 16.0 Å². The molecule has 0 fully saturated rings. The topological polar surface area (TPSA) is 121 Å². The molecule has 34 heavy (non-hydrogen) atoms. The second kappa shape index (κ2) is 12.4. The maximum atomic E-state index is 12.0. The molecule has 0 radical (unpaired) electrons. The van der Waals surface area contributed by atoms with Gasteiger partial charge < -0.3 is 25.7 Å². The summed E-state index contributed by atoms with van der Waals surface area (Å²) in [6.45, 7) is 5.21. The number of aromatic nitrogens is 2. The molecule has 0 atom stereocenters. The van der Waals surface area contributed by atoms with Crippen LogP contribution < -0.4 is 21.3 Å². The number of carbonyl (C=O) groups excluding carboxylic acids is 2. The molecule has 178 valence electrons. The largest absolute Gasteiger partial charge is 0.465 e. The van der Waals surface area contributed by atoms with E-state index >= 15 is 0 Å². The molecule has 0 saturated carbocycles. The number of furan rings is 1. The molecule has 10 heteroatoms. The SMILES string of the molecule is CC(=O)NCCNc1nc(-c2ccc(Cl)cc2)nc(NCCNC(=O)C=Cc2ccco2)c1C. The molecule has 0 aliphatic heterocycles. The third-order valence-corrected chi connectivity index (χ3v) is 4.95. The Morgan fingerprint density at radius 3 is 2.21 bits per heavy atom. The summed E-state index contributed by atoms with van der Waals surface area (Å²) in [6.07, 6.45) is 4.58. The van der Waals surface area contributed by atoms with Gasteiger partial charge in [-0.3, -0.25) is 9.59 Å². The normalized spacial score (nSPS) is 10.8. The fourth-order valence-corrected chi connectivity index (χ4v) is 3.10. The van der Waals surface area contributed by atoms with E-state index in [2.05, 4.69) is 31.2 Å². The van der Waals surface area contributed by atoms with Crippen LogP contribution in [0.1, 0.15) is 18.2 Å². The van der Waals surface area contributed by atoms with E-state index in [1.165, 1.54) is 13.0 Å². The lowest BCUT2D eigenvalue weighted by molar-refractivity contribution is -0.119. The number of hydrogen-bond acceptors (Lipinski definition) is 7. The molecule has 2 heterocycles. The fourth-order valence-electron chi connectivity index (χ4n) is 2.98. The van der Waals surface area contributed by atoms with Crippen molar-refractivity contribution in [2.75, 3.05) is 36.8 Å². The lowest BCUT2D eigenvalue weighted by Crippen LogP contribution is -2.28. The van der Waals surface area contributed by atoms with Crippen molar-refractivity contribution < 1.29 is 14.0 Å². The quantitative estimate of drug-likeness (QED) is 0.244. The Hall–Kier alpha value is -3.85. The highest BCUT2D eigenvalue weighted by Gasteiger charge is 2.12. The zero-order valence-electron chi connectivity index (χ0n) is 19.0. The van der Waals surface area contributed by atoms with Gasteiger partial charge in [0, 0.05) is 55.3 Å². The number of carbonyl (C=O) groups is 2. The zero-order chi connectivity index (χ0) is 24.3. The monoisotopic (exact) mass is 482 g/mol. The first-order valence-electron chi connectivity index (χ1n) is 10.8. The predicted octanol–water partition coefficient (Wildman–Crippen LogP) is 3.49. The lowest BCUT2D eigenvalue weighted by Gasteiger charge is -2.16. The Balaban J connectivity index is 1.65. The van der Waals surface area contributed by atoms with Gasteiger partial charge in [0.05, 0.1) is 6.26 Å². The van der Waals surface area contributed by atoms with Crippen molar-refractivity contribution in [1.82, 2.24) is 20.6 Å². The summed E-state index contributed by atoms with van der Waals surface area (Å²) in [5, 5.41) is 12.7. The van der Waals surface area contributed by atoms with Crippen LogP contribution in [0.5, 0.6) is 0 Å². The molecule has 2 amide bonds. The molecule has 4 N–H and O–H groups in total. The predicted molar refractivity (Wildman–Crippen MR) is 134 cm³/mol. The Kier molecular flexibility index (Phi) is 9.04. The Morgan fingerprint density at radius 1 is 0.971 bits per heavy atom. The number of benzene rings is 1. The number of anilines is 2. The van der Waals surface area contributed by atoms with Gasteiger partial charge in [0.25, 0.3) is 0 Å². The highest BCUT2D eigenvalue weighted by atomic mass is 35.5. The van der Waals surface area contributed by atoms with Gasteiger partial charge in [-0.05, 0) is 49.4 Å². The van der Waals surface area contributed by atoms with E-state index < -0.39 is 0 Å². The third-order valence-electron chi connectivity index (χ3n) is 4.70. The molecule has 0 saturated heterocycles. The van der Waals surface area contributed by atoms with Crippen LogP contribution in [0.3, 0.4) is 0 Å². The van der Waals surface area contributed by atoms with E-state index in [1.807, 2.05) is 19.1 Å². The molecule has 2 aromatic heterocycles. The van der Waals surface area contributed by atoms with Crippen LogP contribution in [0, 0.1) is 6.92 Å². The van der Waals surface area contributed by atoms with Crippen molar-refractivity contribution in [3.05, 3.63) is 65.1 Å². The van der Waals surface area contributed by atoms with Gasteiger partial charge in [-0.2, -0.15) is 0 Å². The Labute approximate surface area is 203 Å². The van der Waals surface area contributed by atoms with Gasteiger partial charge in [-0.1, -0.05) is 11.6 Å². The molecular weight excluding hydrogens is 456 g/mol. The molecule has 0 spiro atoms. The summed E-state index contributed by atoms with van der Waals surface area (Å²) < 4.78 is 5.17. The van der Waals surface area contributed by atoms with E-state index in [0.717, 1.165) is 11.1 Å². The highest BCUT2D eigenvalue weighted by Crippen LogP contribution is 2.26. The molecule has 0 aliphatic carbocycles. The summed E-state index contributed by atoms with van der Waals surface area (Å²) >= 11 is 6.01. The minimum Gasteiger partial charge on any atom is -0.465 e. The van der Waals surface area contributed by atoms with Crippen LogP contribution in [-0.2, 0) is 9.59 Å². The number of nitrogens with one attached hydrogen (secondary N) is 4. The lowest BCUT2D eigenvalue weighted by atomic mass is 10.2. The zero-order valence-corrected chi connectivity index (χ0v) is 19.8. The van der Waals surface area contributed by atoms with E-state index in [-0.39, 0.29) is 11.8 Å².